The maximum absolute atomic E-state index is 13.7. The molecule has 1 aromatic rings. The predicted molar refractivity (Wildman–Crippen MR) is 70.6 cm³/mol. The first-order valence-corrected chi connectivity index (χ1v) is 7.46. The van der Waals surface area contributed by atoms with Crippen LogP contribution >= 0.6 is 0 Å². The molecule has 1 aromatic carbocycles. The van der Waals surface area contributed by atoms with Gasteiger partial charge in [0, 0.05) is 18.7 Å². The normalized spacial score (nSPS) is 16.3. The van der Waals surface area contributed by atoms with E-state index in [0.717, 1.165) is 12.1 Å². The molecule has 2 rings (SSSR count). The molecule has 0 bridgehead atoms. The van der Waals surface area contributed by atoms with Crippen LogP contribution in [0.25, 0.3) is 0 Å². The summed E-state index contributed by atoms with van der Waals surface area (Å²) in [5.41, 5.74) is -0.441. The van der Waals surface area contributed by atoms with Gasteiger partial charge in [-0.2, -0.15) is 4.31 Å². The lowest BCUT2D eigenvalue weighted by Gasteiger charge is -2.23. The number of hydrogen-bond acceptors (Lipinski definition) is 3. The van der Waals surface area contributed by atoms with Crippen molar-refractivity contribution in [1.82, 2.24) is 4.31 Å². The van der Waals surface area contributed by atoms with E-state index in [1.54, 1.807) is 6.08 Å². The number of carboxylic acid groups (broad SMARTS) is 1. The largest absolute Gasteiger partial charge is 0.478 e. The second-order valence-corrected chi connectivity index (χ2v) is 6.42. The van der Waals surface area contributed by atoms with Gasteiger partial charge in [0.15, 0.2) is 0 Å². The van der Waals surface area contributed by atoms with E-state index >= 15 is 0 Å². The van der Waals surface area contributed by atoms with Crippen LogP contribution in [0.2, 0.25) is 0 Å². The molecule has 0 aliphatic carbocycles. The van der Waals surface area contributed by atoms with Gasteiger partial charge in [-0.1, -0.05) is 12.2 Å². The third-order valence-electron chi connectivity index (χ3n) is 3.18. The van der Waals surface area contributed by atoms with Gasteiger partial charge in [-0.3, -0.25) is 0 Å². The van der Waals surface area contributed by atoms with Crippen LogP contribution < -0.4 is 0 Å². The van der Waals surface area contributed by atoms with Crippen LogP contribution in [0.15, 0.2) is 29.2 Å². The molecular formula is C13H14FNO4S. The average molecular weight is 299 g/mol. The van der Waals surface area contributed by atoms with Gasteiger partial charge in [0.2, 0.25) is 10.0 Å². The summed E-state index contributed by atoms with van der Waals surface area (Å²) in [5, 5.41) is 8.91. The molecule has 20 heavy (non-hydrogen) atoms. The first-order chi connectivity index (χ1) is 9.34. The first kappa shape index (κ1) is 14.7. The van der Waals surface area contributed by atoms with Gasteiger partial charge in [0.05, 0.1) is 10.5 Å². The number of nitrogens with zero attached hydrogens (tertiary/aromatic N) is 1. The Morgan fingerprint density at radius 2 is 2.05 bits per heavy atom. The maximum atomic E-state index is 13.7. The van der Waals surface area contributed by atoms with Gasteiger partial charge >= 0.3 is 5.97 Å². The summed E-state index contributed by atoms with van der Waals surface area (Å²) in [4.78, 5) is 10.6. The summed E-state index contributed by atoms with van der Waals surface area (Å²) in [6.45, 7) is 1.84. The number of halogens is 1. The van der Waals surface area contributed by atoms with Gasteiger partial charge in [0.1, 0.15) is 5.82 Å². The van der Waals surface area contributed by atoms with E-state index in [4.69, 9.17) is 5.11 Å². The van der Waals surface area contributed by atoms with Gasteiger partial charge in [-0.05, 0) is 25.5 Å². The Labute approximate surface area is 116 Å². The van der Waals surface area contributed by atoms with Gasteiger partial charge < -0.3 is 5.11 Å². The van der Waals surface area contributed by atoms with E-state index in [-0.39, 0.29) is 22.6 Å². The van der Waals surface area contributed by atoms with Crippen LogP contribution in [0.1, 0.15) is 22.3 Å². The first-order valence-electron chi connectivity index (χ1n) is 6.02. The third kappa shape index (κ3) is 2.59. The van der Waals surface area contributed by atoms with Crippen molar-refractivity contribution in [3.05, 3.63) is 41.2 Å². The highest BCUT2D eigenvalue weighted by atomic mass is 32.2. The number of hydrogen-bond donors (Lipinski definition) is 1. The minimum atomic E-state index is -3.89. The van der Waals surface area contributed by atoms with Crippen molar-refractivity contribution in [3.8, 4) is 0 Å². The van der Waals surface area contributed by atoms with Crippen molar-refractivity contribution in [2.45, 2.75) is 18.2 Å². The summed E-state index contributed by atoms with van der Waals surface area (Å²) >= 11 is 0. The highest BCUT2D eigenvalue weighted by Gasteiger charge is 2.28. The molecule has 1 heterocycles. The zero-order chi connectivity index (χ0) is 14.9. The minimum absolute atomic E-state index is 0.0652. The number of benzene rings is 1. The Balaban J connectivity index is 2.56. The van der Waals surface area contributed by atoms with E-state index in [9.17, 15) is 17.6 Å². The predicted octanol–water partition coefficient (Wildman–Crippen LogP) is 1.78. The summed E-state index contributed by atoms with van der Waals surface area (Å²) in [6, 6.07) is 1.83. The van der Waals surface area contributed by atoms with Gasteiger partial charge in [-0.15, -0.1) is 0 Å². The third-order valence-corrected chi connectivity index (χ3v) is 5.17. The number of aromatic carboxylic acids is 1. The Hall–Kier alpha value is -1.73. The van der Waals surface area contributed by atoms with Crippen molar-refractivity contribution >= 4 is 16.0 Å². The van der Waals surface area contributed by atoms with Crippen LogP contribution in [0.4, 0.5) is 4.39 Å². The van der Waals surface area contributed by atoms with E-state index in [1.165, 1.54) is 11.2 Å². The lowest BCUT2D eigenvalue weighted by atomic mass is 10.1. The molecule has 1 aliphatic heterocycles. The van der Waals surface area contributed by atoms with Crippen LogP contribution in [0.5, 0.6) is 0 Å². The Kier molecular flexibility index (Phi) is 3.92. The average Bonchev–Trinajstić information content (AvgIpc) is 2.42. The highest BCUT2D eigenvalue weighted by molar-refractivity contribution is 7.89. The molecule has 0 saturated heterocycles. The zero-order valence-corrected chi connectivity index (χ0v) is 11.7. The van der Waals surface area contributed by atoms with Crippen molar-refractivity contribution in [2.24, 2.45) is 0 Å². The van der Waals surface area contributed by atoms with Crippen LogP contribution in [0.3, 0.4) is 0 Å². The van der Waals surface area contributed by atoms with E-state index in [2.05, 4.69) is 0 Å². The molecule has 0 spiro atoms. The Morgan fingerprint density at radius 1 is 1.35 bits per heavy atom. The van der Waals surface area contributed by atoms with Crippen LogP contribution in [-0.4, -0.2) is 36.9 Å². The topological polar surface area (TPSA) is 74.7 Å². The minimum Gasteiger partial charge on any atom is -0.478 e. The molecule has 0 radical (unpaired) electrons. The lowest BCUT2D eigenvalue weighted by molar-refractivity contribution is 0.0696. The lowest BCUT2D eigenvalue weighted by Crippen LogP contribution is -2.34. The van der Waals surface area contributed by atoms with E-state index in [0.29, 0.717) is 13.0 Å². The van der Waals surface area contributed by atoms with Crippen LogP contribution in [0, 0.1) is 12.7 Å². The summed E-state index contributed by atoms with van der Waals surface area (Å²) in [5.74, 6) is -2.20. The van der Waals surface area contributed by atoms with E-state index < -0.39 is 21.8 Å². The maximum Gasteiger partial charge on any atom is 0.335 e. The Morgan fingerprint density at radius 3 is 2.60 bits per heavy atom. The fourth-order valence-electron chi connectivity index (χ4n) is 2.02. The molecule has 5 nitrogen and oxygen atoms in total. The Bertz CT molecular complexity index is 682. The van der Waals surface area contributed by atoms with Crippen molar-refractivity contribution < 1.29 is 22.7 Å². The molecule has 0 unspecified atom stereocenters. The molecule has 0 amide bonds. The monoisotopic (exact) mass is 299 g/mol. The molecule has 1 N–H and O–H groups in total. The molecule has 0 aromatic heterocycles. The second-order valence-electron chi connectivity index (χ2n) is 4.51. The standard InChI is InChI=1S/C13H14FNO4S/c1-9-11(14)7-10(13(16)17)8-12(9)20(18,19)15-5-3-2-4-6-15/h2-3,7-8H,4-6H2,1H3,(H,16,17). The molecular weight excluding hydrogens is 285 g/mol. The SMILES string of the molecule is Cc1c(F)cc(C(=O)O)cc1S(=O)(=O)N1CC=CCC1. The van der Waals surface area contributed by atoms with E-state index in [1.807, 2.05) is 6.08 Å². The smallest absolute Gasteiger partial charge is 0.335 e. The number of rotatable bonds is 3. The second kappa shape index (κ2) is 5.34. The van der Waals surface area contributed by atoms with Crippen molar-refractivity contribution in [1.29, 1.82) is 0 Å². The van der Waals surface area contributed by atoms with Gasteiger partial charge in [-0.25, -0.2) is 17.6 Å². The zero-order valence-electron chi connectivity index (χ0n) is 10.8. The molecule has 0 fully saturated rings. The fraction of sp³-hybridized carbons (Fsp3) is 0.308. The summed E-state index contributed by atoms with van der Waals surface area (Å²) in [6.07, 6.45) is 4.17. The van der Waals surface area contributed by atoms with Crippen molar-refractivity contribution in [2.75, 3.05) is 13.1 Å². The van der Waals surface area contributed by atoms with Crippen molar-refractivity contribution in [3.63, 3.8) is 0 Å². The highest BCUT2D eigenvalue weighted by Crippen LogP contribution is 2.25. The summed E-state index contributed by atoms with van der Waals surface area (Å²) < 4.78 is 39.9. The molecule has 7 heteroatoms. The van der Waals surface area contributed by atoms with Gasteiger partial charge in [0.25, 0.3) is 0 Å². The fourth-order valence-corrected chi connectivity index (χ4v) is 3.69. The quantitative estimate of drug-likeness (QED) is 0.863. The number of carboxylic acids is 1. The molecule has 0 saturated carbocycles. The van der Waals surface area contributed by atoms with Crippen LogP contribution in [-0.2, 0) is 10.0 Å². The molecule has 1 aliphatic rings. The number of carbonyl (C=O) groups is 1. The molecule has 108 valence electrons. The molecule has 0 atom stereocenters. The number of sulfonamides is 1. The summed E-state index contributed by atoms with van der Waals surface area (Å²) in [7, 11) is -3.89.